The molecular formula is C19H17N5O. The van der Waals surface area contributed by atoms with Gasteiger partial charge in [-0.15, -0.1) is 0 Å². The number of amides is 1. The van der Waals surface area contributed by atoms with E-state index in [1.807, 2.05) is 30.5 Å². The quantitative estimate of drug-likeness (QED) is 0.426. The number of hydrogen-bond acceptors (Lipinski definition) is 4. The van der Waals surface area contributed by atoms with Gasteiger partial charge in [0.15, 0.2) is 0 Å². The molecule has 0 saturated heterocycles. The van der Waals surface area contributed by atoms with Crippen LogP contribution in [0.1, 0.15) is 11.1 Å². The van der Waals surface area contributed by atoms with Crippen molar-refractivity contribution in [3.05, 3.63) is 72.3 Å². The molecule has 0 unspecified atom stereocenters. The number of allylic oxidation sites excluding steroid dienone is 1. The molecular weight excluding hydrogens is 314 g/mol. The molecule has 2 aromatic heterocycles. The van der Waals surface area contributed by atoms with Crippen molar-refractivity contribution in [2.45, 2.75) is 0 Å². The molecule has 25 heavy (non-hydrogen) atoms. The first-order chi connectivity index (χ1) is 12.2. The highest BCUT2D eigenvalue weighted by atomic mass is 16.1. The normalized spacial score (nSPS) is 11.8. The molecule has 2 heterocycles. The number of hydrogen-bond donors (Lipinski definition) is 4. The number of fused-ring (bicyclic) bond motifs is 1. The minimum atomic E-state index is -0.256. The summed E-state index contributed by atoms with van der Waals surface area (Å²) in [6.07, 6.45) is 10.7. The number of nitrogens with one attached hydrogen (secondary N) is 3. The number of carbonyl (C=O) groups is 1. The monoisotopic (exact) mass is 331 g/mol. The van der Waals surface area contributed by atoms with Gasteiger partial charge in [0.25, 0.3) is 0 Å². The molecule has 0 bridgehead atoms. The van der Waals surface area contributed by atoms with E-state index in [4.69, 9.17) is 11.1 Å². The van der Waals surface area contributed by atoms with E-state index in [-0.39, 0.29) is 5.91 Å². The van der Waals surface area contributed by atoms with Gasteiger partial charge in [-0.2, -0.15) is 0 Å². The Kier molecular flexibility index (Phi) is 4.71. The zero-order valence-corrected chi connectivity index (χ0v) is 13.4. The zero-order chi connectivity index (χ0) is 17.6. The summed E-state index contributed by atoms with van der Waals surface area (Å²) in [6, 6.07) is 9.38. The second-order valence-electron chi connectivity index (χ2n) is 5.33. The van der Waals surface area contributed by atoms with Crippen molar-refractivity contribution in [2.75, 3.05) is 5.32 Å². The Morgan fingerprint density at radius 2 is 2.16 bits per heavy atom. The molecule has 0 fully saturated rings. The predicted molar refractivity (Wildman–Crippen MR) is 101 cm³/mol. The first kappa shape index (κ1) is 16.2. The van der Waals surface area contributed by atoms with Crippen molar-refractivity contribution in [2.24, 2.45) is 5.73 Å². The van der Waals surface area contributed by atoms with Crippen LogP contribution in [0.2, 0.25) is 0 Å². The largest absolute Gasteiger partial charge is 0.404 e. The van der Waals surface area contributed by atoms with Crippen LogP contribution in [0.25, 0.3) is 22.6 Å². The fourth-order valence-electron chi connectivity index (χ4n) is 2.49. The lowest BCUT2D eigenvalue weighted by molar-refractivity contribution is -0.111. The lowest BCUT2D eigenvalue weighted by Crippen LogP contribution is -2.07. The van der Waals surface area contributed by atoms with E-state index in [1.54, 1.807) is 24.5 Å². The summed E-state index contributed by atoms with van der Waals surface area (Å²) in [5.74, 6) is -0.256. The van der Waals surface area contributed by atoms with Gasteiger partial charge < -0.3 is 21.4 Å². The summed E-state index contributed by atoms with van der Waals surface area (Å²) in [7, 11) is 0. The Balaban J connectivity index is 1.77. The van der Waals surface area contributed by atoms with Crippen molar-refractivity contribution >= 4 is 40.4 Å². The summed E-state index contributed by atoms with van der Waals surface area (Å²) in [6.45, 7) is 0. The minimum absolute atomic E-state index is 0.256. The third-order valence-corrected chi connectivity index (χ3v) is 3.73. The van der Waals surface area contributed by atoms with Crippen LogP contribution in [-0.4, -0.2) is 22.1 Å². The number of rotatable bonds is 5. The van der Waals surface area contributed by atoms with Gasteiger partial charge in [-0.3, -0.25) is 9.78 Å². The molecule has 0 aliphatic carbocycles. The van der Waals surface area contributed by atoms with Gasteiger partial charge in [0, 0.05) is 59.4 Å². The van der Waals surface area contributed by atoms with Crippen molar-refractivity contribution in [1.82, 2.24) is 9.97 Å². The molecule has 6 nitrogen and oxygen atoms in total. The number of nitrogens with two attached hydrogens (primary N) is 1. The maximum Gasteiger partial charge on any atom is 0.248 e. The fraction of sp³-hybridized carbons (Fsp3) is 0. The lowest BCUT2D eigenvalue weighted by Gasteiger charge is -2.05. The Labute approximate surface area is 144 Å². The third-order valence-electron chi connectivity index (χ3n) is 3.73. The Morgan fingerprint density at radius 1 is 1.28 bits per heavy atom. The molecule has 0 radical (unpaired) electrons. The van der Waals surface area contributed by atoms with Gasteiger partial charge in [0.05, 0.1) is 0 Å². The standard InChI is InChI=1S/C19H17N5O/c20-10-15(11-21)17-6-7-22-12-14(17)2-4-19(25)24-16-3-1-13-5-8-23-18(13)9-16/h1-12,20,23H,21H2,(H,24,25)/b4-2+,15-11?,20-10?. The number of pyridine rings is 1. The minimum Gasteiger partial charge on any atom is -0.404 e. The van der Waals surface area contributed by atoms with Crippen LogP contribution >= 0.6 is 0 Å². The number of H-pyrrole nitrogens is 1. The molecule has 1 amide bonds. The van der Waals surface area contributed by atoms with Crippen LogP contribution in [0.3, 0.4) is 0 Å². The van der Waals surface area contributed by atoms with Crippen molar-refractivity contribution in [3.8, 4) is 0 Å². The summed E-state index contributed by atoms with van der Waals surface area (Å²) in [5.41, 5.74) is 9.21. The number of carbonyl (C=O) groups excluding carboxylic acids is 1. The van der Waals surface area contributed by atoms with Gasteiger partial charge in [-0.25, -0.2) is 0 Å². The smallest absolute Gasteiger partial charge is 0.248 e. The topological polar surface area (TPSA) is 108 Å². The van der Waals surface area contributed by atoms with E-state index >= 15 is 0 Å². The Hall–Kier alpha value is -3.67. The SMILES string of the molecule is N=CC(=CN)c1ccncc1/C=C/C(=O)Nc1ccc2cc[nH]c2c1. The first-order valence-electron chi connectivity index (χ1n) is 7.64. The highest BCUT2D eigenvalue weighted by molar-refractivity contribution is 6.10. The molecule has 124 valence electrons. The van der Waals surface area contributed by atoms with Crippen LogP contribution in [0.15, 0.2) is 61.2 Å². The maximum atomic E-state index is 12.2. The van der Waals surface area contributed by atoms with Crippen molar-refractivity contribution in [1.29, 1.82) is 5.41 Å². The highest BCUT2D eigenvalue weighted by Gasteiger charge is 2.05. The maximum absolute atomic E-state index is 12.2. The molecule has 0 saturated carbocycles. The molecule has 6 heteroatoms. The molecule has 0 atom stereocenters. The van der Waals surface area contributed by atoms with E-state index in [0.29, 0.717) is 16.8 Å². The van der Waals surface area contributed by atoms with E-state index in [0.717, 1.165) is 16.5 Å². The van der Waals surface area contributed by atoms with Crippen molar-refractivity contribution in [3.63, 3.8) is 0 Å². The third kappa shape index (κ3) is 3.64. The predicted octanol–water partition coefficient (Wildman–Crippen LogP) is 3.16. The summed E-state index contributed by atoms with van der Waals surface area (Å²) >= 11 is 0. The van der Waals surface area contributed by atoms with Crippen molar-refractivity contribution < 1.29 is 4.79 Å². The molecule has 0 spiro atoms. The number of aromatic amines is 1. The highest BCUT2D eigenvalue weighted by Crippen LogP contribution is 2.19. The van der Waals surface area contributed by atoms with Crippen LogP contribution < -0.4 is 11.1 Å². The lowest BCUT2D eigenvalue weighted by atomic mass is 10.0. The Bertz CT molecular complexity index is 984. The fourth-order valence-corrected chi connectivity index (χ4v) is 2.49. The average Bonchev–Trinajstić information content (AvgIpc) is 3.10. The number of nitrogens with zero attached hydrogens (tertiary/aromatic N) is 1. The van der Waals surface area contributed by atoms with E-state index < -0.39 is 0 Å². The number of benzene rings is 1. The second-order valence-corrected chi connectivity index (χ2v) is 5.33. The molecule has 0 aliphatic heterocycles. The van der Waals surface area contributed by atoms with Crippen LogP contribution in [-0.2, 0) is 4.79 Å². The Morgan fingerprint density at radius 3 is 2.96 bits per heavy atom. The zero-order valence-electron chi connectivity index (χ0n) is 13.4. The number of anilines is 1. The summed E-state index contributed by atoms with van der Waals surface area (Å²) in [5, 5.41) is 11.3. The molecule has 3 rings (SSSR count). The van der Waals surface area contributed by atoms with Crippen LogP contribution in [0.5, 0.6) is 0 Å². The van der Waals surface area contributed by atoms with Gasteiger partial charge in [-0.05, 0) is 41.3 Å². The first-order valence-corrected chi connectivity index (χ1v) is 7.64. The molecule has 1 aromatic carbocycles. The second kappa shape index (κ2) is 7.27. The van der Waals surface area contributed by atoms with E-state index in [1.165, 1.54) is 18.5 Å². The molecule has 5 N–H and O–H groups in total. The van der Waals surface area contributed by atoms with Crippen LogP contribution in [0.4, 0.5) is 5.69 Å². The van der Waals surface area contributed by atoms with Gasteiger partial charge >= 0.3 is 0 Å². The van der Waals surface area contributed by atoms with E-state index in [9.17, 15) is 4.79 Å². The summed E-state index contributed by atoms with van der Waals surface area (Å²) in [4.78, 5) is 19.3. The van der Waals surface area contributed by atoms with Gasteiger partial charge in [-0.1, -0.05) is 6.07 Å². The van der Waals surface area contributed by atoms with Crippen LogP contribution in [0, 0.1) is 5.41 Å². The summed E-state index contributed by atoms with van der Waals surface area (Å²) < 4.78 is 0. The van der Waals surface area contributed by atoms with E-state index in [2.05, 4.69) is 15.3 Å². The van der Waals surface area contributed by atoms with Gasteiger partial charge in [0.1, 0.15) is 0 Å². The average molecular weight is 331 g/mol. The molecule has 3 aromatic rings. The number of aromatic nitrogens is 2. The van der Waals surface area contributed by atoms with Gasteiger partial charge in [0.2, 0.25) is 5.91 Å². The molecule has 0 aliphatic rings.